The molecule has 0 saturated carbocycles. The first kappa shape index (κ1) is 16.3. The van der Waals surface area contributed by atoms with Crippen LogP contribution in [0.1, 0.15) is 24.0 Å². The minimum atomic E-state index is -1.61. The van der Waals surface area contributed by atoms with Crippen LogP contribution in [0.3, 0.4) is 0 Å². The number of rotatable bonds is 4. The van der Waals surface area contributed by atoms with E-state index in [0.29, 0.717) is 19.4 Å². The van der Waals surface area contributed by atoms with Gasteiger partial charge in [0.25, 0.3) is 5.91 Å². The highest BCUT2D eigenvalue weighted by Crippen LogP contribution is 2.23. The fourth-order valence-corrected chi connectivity index (χ4v) is 2.71. The summed E-state index contributed by atoms with van der Waals surface area (Å²) < 4.78 is 5.25. The third kappa shape index (κ3) is 3.39. The lowest BCUT2D eigenvalue weighted by Crippen LogP contribution is -2.57. The van der Waals surface area contributed by atoms with Gasteiger partial charge >= 0.3 is 0 Å². The van der Waals surface area contributed by atoms with Crippen LogP contribution in [0.5, 0.6) is 5.75 Å². The zero-order valence-corrected chi connectivity index (χ0v) is 13.0. The number of piperidine rings is 1. The van der Waals surface area contributed by atoms with Crippen molar-refractivity contribution in [2.45, 2.75) is 31.8 Å². The van der Waals surface area contributed by atoms with Crippen molar-refractivity contribution in [2.24, 2.45) is 5.73 Å². The monoisotopic (exact) mass is 306 g/mol. The van der Waals surface area contributed by atoms with E-state index in [2.05, 4.69) is 0 Å². The Hall–Kier alpha value is -2.08. The van der Waals surface area contributed by atoms with Gasteiger partial charge in [-0.05, 0) is 37.0 Å². The second kappa shape index (κ2) is 6.36. The van der Waals surface area contributed by atoms with Crippen LogP contribution in [0.2, 0.25) is 0 Å². The number of benzene rings is 1. The Morgan fingerprint density at radius 1 is 1.45 bits per heavy atom. The van der Waals surface area contributed by atoms with Gasteiger partial charge in [0.1, 0.15) is 5.75 Å². The maximum absolute atomic E-state index is 12.4. The molecule has 0 radical (unpaired) electrons. The molecular weight excluding hydrogens is 284 g/mol. The number of nitrogens with zero attached hydrogens (tertiary/aromatic N) is 1. The number of carbonyl (C=O) groups excluding carboxylic acids is 2. The molecule has 0 aromatic heterocycles. The predicted octanol–water partition coefficient (Wildman–Crippen LogP) is 0.385. The predicted molar refractivity (Wildman–Crippen MR) is 81.4 cm³/mol. The number of β-amino-alcohol motifs (C(OH)–C–C–N with tert-alkyl or cyclic N) is 1. The number of primary amides is 1. The molecule has 1 saturated heterocycles. The molecule has 0 aliphatic carbocycles. The molecule has 0 unspecified atom stereocenters. The Morgan fingerprint density at radius 3 is 2.82 bits per heavy atom. The summed E-state index contributed by atoms with van der Waals surface area (Å²) >= 11 is 0. The van der Waals surface area contributed by atoms with Crippen LogP contribution >= 0.6 is 0 Å². The Balaban J connectivity index is 2.07. The SMILES string of the molecule is COc1cc(CC(=O)N2CCC[C@](O)(C(N)=O)C2)ccc1C. The van der Waals surface area contributed by atoms with E-state index < -0.39 is 11.5 Å². The second-order valence-electron chi connectivity index (χ2n) is 5.80. The molecule has 6 heteroatoms. The molecule has 1 aromatic carbocycles. The standard InChI is InChI=1S/C16H22N2O4/c1-11-4-5-12(8-13(11)22-2)9-14(19)18-7-3-6-16(21,10-18)15(17)20/h4-5,8,21H,3,6-7,9-10H2,1-2H3,(H2,17,20)/t16-/m1/s1. The van der Waals surface area contributed by atoms with Gasteiger partial charge in [0.2, 0.25) is 5.91 Å². The van der Waals surface area contributed by atoms with Crippen molar-refractivity contribution in [1.29, 1.82) is 0 Å². The first-order valence-corrected chi connectivity index (χ1v) is 7.29. The van der Waals surface area contributed by atoms with Gasteiger partial charge in [-0.25, -0.2) is 0 Å². The highest BCUT2D eigenvalue weighted by atomic mass is 16.5. The van der Waals surface area contributed by atoms with Gasteiger partial charge in [-0.3, -0.25) is 9.59 Å². The normalized spacial score (nSPS) is 21.5. The molecule has 1 fully saturated rings. The number of nitrogens with two attached hydrogens (primary N) is 1. The first-order valence-electron chi connectivity index (χ1n) is 7.29. The summed E-state index contributed by atoms with van der Waals surface area (Å²) in [5.41, 5.74) is 5.45. The van der Waals surface area contributed by atoms with Crippen LogP contribution in [0.25, 0.3) is 0 Å². The lowest BCUT2D eigenvalue weighted by Gasteiger charge is -2.37. The summed E-state index contributed by atoms with van der Waals surface area (Å²) in [7, 11) is 1.59. The summed E-state index contributed by atoms with van der Waals surface area (Å²) in [6.45, 7) is 2.42. The Morgan fingerprint density at radius 2 is 2.18 bits per heavy atom. The smallest absolute Gasteiger partial charge is 0.251 e. The van der Waals surface area contributed by atoms with Gasteiger partial charge in [-0.1, -0.05) is 12.1 Å². The highest BCUT2D eigenvalue weighted by Gasteiger charge is 2.40. The molecule has 1 aromatic rings. The fraction of sp³-hybridized carbons (Fsp3) is 0.500. The average Bonchev–Trinajstić information content (AvgIpc) is 2.49. The largest absolute Gasteiger partial charge is 0.496 e. The second-order valence-corrected chi connectivity index (χ2v) is 5.80. The van der Waals surface area contributed by atoms with Crippen molar-refractivity contribution >= 4 is 11.8 Å². The minimum Gasteiger partial charge on any atom is -0.496 e. The summed E-state index contributed by atoms with van der Waals surface area (Å²) in [5.74, 6) is -0.176. The fourth-order valence-electron chi connectivity index (χ4n) is 2.71. The molecular formula is C16H22N2O4. The van der Waals surface area contributed by atoms with Crippen molar-refractivity contribution in [1.82, 2.24) is 4.90 Å². The maximum Gasteiger partial charge on any atom is 0.251 e. The molecule has 2 rings (SSSR count). The van der Waals surface area contributed by atoms with E-state index in [9.17, 15) is 14.7 Å². The van der Waals surface area contributed by atoms with Gasteiger partial charge in [0.15, 0.2) is 5.60 Å². The molecule has 2 amide bonds. The molecule has 1 aliphatic heterocycles. The molecule has 1 aliphatic rings. The highest BCUT2D eigenvalue weighted by molar-refractivity contribution is 5.85. The van der Waals surface area contributed by atoms with Crippen LogP contribution < -0.4 is 10.5 Å². The van der Waals surface area contributed by atoms with Crippen molar-refractivity contribution in [3.63, 3.8) is 0 Å². The third-order valence-corrected chi connectivity index (χ3v) is 4.11. The van der Waals surface area contributed by atoms with Gasteiger partial charge < -0.3 is 20.5 Å². The molecule has 120 valence electrons. The minimum absolute atomic E-state index is 0.0375. The molecule has 0 bridgehead atoms. The van der Waals surface area contributed by atoms with E-state index in [0.717, 1.165) is 16.9 Å². The van der Waals surface area contributed by atoms with Crippen molar-refractivity contribution in [3.05, 3.63) is 29.3 Å². The number of hydrogen-bond donors (Lipinski definition) is 2. The zero-order chi connectivity index (χ0) is 16.3. The van der Waals surface area contributed by atoms with Crippen LogP contribution in [0.15, 0.2) is 18.2 Å². The third-order valence-electron chi connectivity index (χ3n) is 4.11. The van der Waals surface area contributed by atoms with Crippen molar-refractivity contribution < 1.29 is 19.4 Å². The number of methoxy groups -OCH3 is 1. The van der Waals surface area contributed by atoms with Gasteiger partial charge in [-0.2, -0.15) is 0 Å². The van der Waals surface area contributed by atoms with Crippen LogP contribution in [-0.2, 0) is 16.0 Å². The number of hydrogen-bond acceptors (Lipinski definition) is 4. The van der Waals surface area contributed by atoms with Gasteiger partial charge in [0.05, 0.1) is 20.1 Å². The average molecular weight is 306 g/mol. The van der Waals surface area contributed by atoms with Crippen molar-refractivity contribution in [2.75, 3.05) is 20.2 Å². The van der Waals surface area contributed by atoms with Gasteiger partial charge in [0, 0.05) is 6.54 Å². The van der Waals surface area contributed by atoms with E-state index in [1.54, 1.807) is 7.11 Å². The van der Waals surface area contributed by atoms with Gasteiger partial charge in [-0.15, -0.1) is 0 Å². The zero-order valence-electron chi connectivity index (χ0n) is 13.0. The van der Waals surface area contributed by atoms with Crippen molar-refractivity contribution in [3.8, 4) is 5.75 Å². The summed E-state index contributed by atoms with van der Waals surface area (Å²) in [5, 5.41) is 10.2. The number of aryl methyl sites for hydroxylation is 1. The first-order chi connectivity index (χ1) is 10.4. The summed E-state index contributed by atoms with van der Waals surface area (Å²) in [4.78, 5) is 25.2. The number of amides is 2. The lowest BCUT2D eigenvalue weighted by molar-refractivity contribution is -0.148. The lowest BCUT2D eigenvalue weighted by atomic mass is 9.92. The van der Waals surface area contributed by atoms with Crippen LogP contribution in [0.4, 0.5) is 0 Å². The molecule has 3 N–H and O–H groups in total. The number of ether oxygens (including phenoxy) is 1. The Labute approximate surface area is 129 Å². The maximum atomic E-state index is 12.4. The topological polar surface area (TPSA) is 92.9 Å². The molecule has 1 heterocycles. The van der Waals surface area contributed by atoms with E-state index in [4.69, 9.17) is 10.5 Å². The number of carbonyl (C=O) groups is 2. The molecule has 6 nitrogen and oxygen atoms in total. The number of likely N-dealkylation sites (tertiary alicyclic amines) is 1. The Bertz CT molecular complexity index is 588. The van der Waals surface area contributed by atoms with E-state index in [1.165, 1.54) is 4.90 Å². The van der Waals surface area contributed by atoms with E-state index in [-0.39, 0.29) is 18.9 Å². The number of aliphatic hydroxyl groups is 1. The molecule has 1 atom stereocenters. The van der Waals surface area contributed by atoms with E-state index in [1.807, 2.05) is 25.1 Å². The quantitative estimate of drug-likeness (QED) is 0.841. The summed E-state index contributed by atoms with van der Waals surface area (Å²) in [6.07, 6.45) is 1.05. The molecule has 0 spiro atoms. The van der Waals surface area contributed by atoms with Crippen LogP contribution in [-0.4, -0.2) is 47.6 Å². The summed E-state index contributed by atoms with van der Waals surface area (Å²) in [6, 6.07) is 5.61. The molecule has 22 heavy (non-hydrogen) atoms. The van der Waals surface area contributed by atoms with Crippen LogP contribution in [0, 0.1) is 6.92 Å². The van der Waals surface area contributed by atoms with E-state index >= 15 is 0 Å². The Kier molecular flexibility index (Phi) is 4.71.